The van der Waals surface area contributed by atoms with E-state index < -0.39 is 0 Å². The van der Waals surface area contributed by atoms with Gasteiger partial charge in [-0.25, -0.2) is 4.98 Å². The molecule has 0 bridgehead atoms. The van der Waals surface area contributed by atoms with Gasteiger partial charge in [0.1, 0.15) is 5.82 Å². The lowest BCUT2D eigenvalue weighted by atomic mass is 9.96. The molecule has 3 rings (SSSR count). The van der Waals surface area contributed by atoms with E-state index in [4.69, 9.17) is 10.1 Å². The smallest absolute Gasteiger partial charge is 0.115 e. The van der Waals surface area contributed by atoms with E-state index in [1.54, 1.807) is 11.9 Å². The molecule has 1 aromatic heterocycles. The van der Waals surface area contributed by atoms with Crippen LogP contribution in [0.2, 0.25) is 0 Å². The number of aromatic nitrogens is 2. The summed E-state index contributed by atoms with van der Waals surface area (Å²) in [4.78, 5) is 6.17. The first-order chi connectivity index (χ1) is 17.6. The highest BCUT2D eigenvalue weighted by molar-refractivity contribution is 8.00. The van der Waals surface area contributed by atoms with Crippen LogP contribution in [0.4, 0.5) is 11.4 Å². The van der Waals surface area contributed by atoms with Crippen molar-refractivity contribution in [2.45, 2.75) is 97.9 Å². The molecule has 0 amide bonds. The van der Waals surface area contributed by atoms with Gasteiger partial charge in [0.2, 0.25) is 0 Å². The Balaban J connectivity index is 0.000000586. The zero-order valence-corrected chi connectivity index (χ0v) is 25.9. The fourth-order valence-electron chi connectivity index (χ4n) is 4.06. The van der Waals surface area contributed by atoms with E-state index in [-0.39, 0.29) is 5.41 Å². The summed E-state index contributed by atoms with van der Waals surface area (Å²) >= 11 is 1.73. The van der Waals surface area contributed by atoms with Crippen molar-refractivity contribution in [1.82, 2.24) is 9.55 Å². The second-order valence-corrected chi connectivity index (χ2v) is 11.8. The van der Waals surface area contributed by atoms with Crippen molar-refractivity contribution in [2.24, 2.45) is 5.92 Å². The maximum Gasteiger partial charge on any atom is 0.115 e. The Bertz CT molecular complexity index is 1020. The summed E-state index contributed by atoms with van der Waals surface area (Å²) in [5.74, 6) is 2.05. The van der Waals surface area contributed by atoms with Crippen LogP contribution in [0.15, 0.2) is 47.4 Å². The van der Waals surface area contributed by atoms with Gasteiger partial charge in [-0.3, -0.25) is 0 Å². The zero-order valence-electron chi connectivity index (χ0n) is 25.1. The molecule has 37 heavy (non-hydrogen) atoms. The third-order valence-corrected chi connectivity index (χ3v) is 6.91. The van der Waals surface area contributed by atoms with Gasteiger partial charge in [-0.05, 0) is 74.2 Å². The monoisotopic (exact) mass is 528 g/mol. The van der Waals surface area contributed by atoms with Crippen LogP contribution in [0.1, 0.15) is 86.9 Å². The summed E-state index contributed by atoms with van der Waals surface area (Å²) in [6.45, 7) is 19.7. The molecule has 208 valence electrons. The van der Waals surface area contributed by atoms with Crippen LogP contribution in [0.25, 0.3) is 11.0 Å². The lowest BCUT2D eigenvalue weighted by molar-refractivity contribution is 0.399. The highest BCUT2D eigenvalue weighted by atomic mass is 32.2. The van der Waals surface area contributed by atoms with Gasteiger partial charge >= 0.3 is 0 Å². The number of hydrogen-bond donors (Lipinski definition) is 2. The number of benzene rings is 2. The third-order valence-electron chi connectivity index (χ3n) is 5.95. The number of nitrogens with zero attached hydrogens (tertiary/aromatic N) is 3. The average Bonchev–Trinajstić information content (AvgIpc) is 3.26. The van der Waals surface area contributed by atoms with E-state index in [0.717, 1.165) is 48.8 Å². The van der Waals surface area contributed by atoms with E-state index in [1.807, 2.05) is 0 Å². The van der Waals surface area contributed by atoms with Crippen LogP contribution in [-0.4, -0.2) is 35.4 Å². The number of aliphatic hydroxyl groups is 1. The van der Waals surface area contributed by atoms with Crippen LogP contribution in [0, 0.1) is 5.92 Å². The molecule has 6 heteroatoms. The molecule has 0 radical (unpaired) electrons. The Morgan fingerprint density at radius 2 is 1.65 bits per heavy atom. The van der Waals surface area contributed by atoms with Gasteiger partial charge in [-0.1, -0.05) is 67.2 Å². The fraction of sp³-hybridized carbons (Fsp3) is 0.581. The topological polar surface area (TPSA) is 53.3 Å². The van der Waals surface area contributed by atoms with Crippen molar-refractivity contribution >= 4 is 34.4 Å². The second-order valence-electron chi connectivity index (χ2n) is 10.6. The lowest BCUT2D eigenvalue weighted by Crippen LogP contribution is -2.18. The number of rotatable bonds is 10. The Hall–Kier alpha value is -2.18. The molecule has 1 heterocycles. The van der Waals surface area contributed by atoms with Crippen molar-refractivity contribution in [1.29, 1.82) is 0 Å². The maximum atomic E-state index is 7.00. The largest absolute Gasteiger partial charge is 0.400 e. The summed E-state index contributed by atoms with van der Waals surface area (Å²) in [6, 6.07) is 15.1. The van der Waals surface area contributed by atoms with Crippen LogP contribution in [0.3, 0.4) is 0 Å². The third kappa shape index (κ3) is 10.6. The van der Waals surface area contributed by atoms with Gasteiger partial charge in [0.15, 0.2) is 0 Å². The second kappa shape index (κ2) is 16.6. The van der Waals surface area contributed by atoms with Crippen molar-refractivity contribution in [2.75, 3.05) is 30.3 Å². The van der Waals surface area contributed by atoms with Gasteiger partial charge in [0.05, 0.1) is 11.0 Å². The summed E-state index contributed by atoms with van der Waals surface area (Å²) in [7, 11) is 3.10. The maximum absolute atomic E-state index is 7.00. The van der Waals surface area contributed by atoms with E-state index in [0.29, 0.717) is 0 Å². The standard InChI is InChI=1S/C22H30N4S.C8H18.CH4O/c1-7-23-16-9-12-18(13-10-16)27-25(6)17-11-14-20-19(15-17)24-21(22(3,4)5)26(20)8-2;1-4-5-6-7-8(2)3;1-2/h9-15,23H,7-8H2,1-6H3;8H,4-7H2,1-3H3;2H,1H3. The molecule has 0 saturated heterocycles. The van der Waals surface area contributed by atoms with Crippen LogP contribution in [-0.2, 0) is 12.0 Å². The first-order valence-corrected chi connectivity index (χ1v) is 14.6. The summed E-state index contributed by atoms with van der Waals surface area (Å²) in [5, 5.41) is 10.3. The Morgan fingerprint density at radius 1 is 1.00 bits per heavy atom. The van der Waals surface area contributed by atoms with E-state index in [1.165, 1.54) is 36.1 Å². The summed E-state index contributed by atoms with van der Waals surface area (Å²) < 4.78 is 4.52. The number of unbranched alkanes of at least 4 members (excludes halogenated alkanes) is 2. The minimum Gasteiger partial charge on any atom is -0.400 e. The molecule has 0 aliphatic carbocycles. The van der Waals surface area contributed by atoms with Crippen LogP contribution >= 0.6 is 11.9 Å². The molecule has 0 spiro atoms. The number of nitrogens with one attached hydrogen (secondary N) is 1. The number of fused-ring (bicyclic) bond motifs is 1. The molecule has 0 fully saturated rings. The fourth-order valence-corrected chi connectivity index (χ4v) is 4.85. The summed E-state index contributed by atoms with van der Waals surface area (Å²) in [5.41, 5.74) is 4.62. The van der Waals surface area contributed by atoms with Gasteiger partial charge in [0, 0.05) is 48.9 Å². The highest BCUT2D eigenvalue weighted by Gasteiger charge is 2.22. The zero-order chi connectivity index (χ0) is 28.0. The Labute approximate surface area is 231 Å². The number of aryl methyl sites for hydroxylation is 1. The van der Waals surface area contributed by atoms with Crippen molar-refractivity contribution in [3.8, 4) is 0 Å². The minimum absolute atomic E-state index is 0.0319. The molecule has 2 N–H and O–H groups in total. The number of hydrogen-bond acceptors (Lipinski definition) is 5. The summed E-state index contributed by atoms with van der Waals surface area (Å²) in [6.07, 6.45) is 5.60. The number of aliphatic hydroxyl groups excluding tert-OH is 1. The molecular formula is C31H52N4OS. The first kappa shape index (κ1) is 32.8. The van der Waals surface area contributed by atoms with E-state index in [9.17, 15) is 0 Å². The van der Waals surface area contributed by atoms with Crippen molar-refractivity contribution in [3.05, 3.63) is 48.3 Å². The molecule has 0 unspecified atom stereocenters. The molecule has 5 nitrogen and oxygen atoms in total. The number of imidazole rings is 1. The highest BCUT2D eigenvalue weighted by Crippen LogP contribution is 2.32. The molecule has 0 saturated carbocycles. The van der Waals surface area contributed by atoms with Gasteiger partial charge in [0.25, 0.3) is 0 Å². The lowest BCUT2D eigenvalue weighted by Gasteiger charge is -2.19. The van der Waals surface area contributed by atoms with E-state index in [2.05, 4.69) is 119 Å². The SMILES string of the molecule is CCCCCC(C)C.CCNc1ccc(SN(C)c2ccc3c(c2)nc(C(C)(C)C)n3CC)cc1.CO. The normalized spacial score (nSPS) is 11.0. The molecular weight excluding hydrogens is 476 g/mol. The molecule has 0 aliphatic heterocycles. The van der Waals surface area contributed by atoms with Gasteiger partial charge < -0.3 is 19.3 Å². The number of anilines is 2. The average molecular weight is 529 g/mol. The molecule has 0 atom stereocenters. The first-order valence-electron chi connectivity index (χ1n) is 13.8. The predicted octanol–water partition coefficient (Wildman–Crippen LogP) is 8.76. The van der Waals surface area contributed by atoms with Crippen molar-refractivity contribution in [3.63, 3.8) is 0 Å². The van der Waals surface area contributed by atoms with Crippen LogP contribution < -0.4 is 9.62 Å². The quantitative estimate of drug-likeness (QED) is 0.203. The van der Waals surface area contributed by atoms with Gasteiger partial charge in [-0.2, -0.15) is 0 Å². The molecule has 0 aliphatic rings. The molecule has 2 aromatic carbocycles. The Kier molecular flexibility index (Phi) is 14.8. The predicted molar refractivity (Wildman–Crippen MR) is 166 cm³/mol. The van der Waals surface area contributed by atoms with Crippen molar-refractivity contribution < 1.29 is 5.11 Å². The Morgan fingerprint density at radius 3 is 2.16 bits per heavy atom. The van der Waals surface area contributed by atoms with Gasteiger partial charge in [-0.15, -0.1) is 0 Å². The molecule has 3 aromatic rings. The van der Waals surface area contributed by atoms with Crippen LogP contribution in [0.5, 0.6) is 0 Å². The minimum atomic E-state index is 0.0319. The van der Waals surface area contributed by atoms with E-state index >= 15 is 0 Å².